The molecule has 3 nitrogen and oxygen atoms in total. The van der Waals surface area contributed by atoms with Crippen LogP contribution in [0.15, 0.2) is 89.6 Å². The number of Topliss-reactive ketones (excluding diaryl/α,β-unsaturated/α-hetero) is 1. The van der Waals surface area contributed by atoms with Gasteiger partial charge in [0.1, 0.15) is 0 Å². The fraction of sp³-hybridized carbons (Fsp3) is 0. The Labute approximate surface area is 167 Å². The van der Waals surface area contributed by atoms with Crippen LogP contribution in [0.2, 0.25) is 10.0 Å². The van der Waals surface area contributed by atoms with Crippen molar-refractivity contribution < 1.29 is 4.79 Å². The molecule has 0 radical (unpaired) electrons. The molecule has 0 atom stereocenters. The number of carbonyl (C=O) groups excluding carboxylic acids is 1. The monoisotopic (exact) mass is 392 g/mol. The van der Waals surface area contributed by atoms with Crippen LogP contribution in [0.25, 0.3) is 0 Å². The van der Waals surface area contributed by atoms with Crippen molar-refractivity contribution in [1.82, 2.24) is 0 Å². The van der Waals surface area contributed by atoms with Gasteiger partial charge in [-0.25, -0.2) is 4.99 Å². The lowest BCUT2D eigenvalue weighted by atomic mass is 9.92. The van der Waals surface area contributed by atoms with Gasteiger partial charge in [-0.1, -0.05) is 71.7 Å². The lowest BCUT2D eigenvalue weighted by Gasteiger charge is -2.19. The molecular formula is C22H14Cl2N2O. The number of nitrogens with zero attached hydrogens (tertiary/aromatic N) is 1. The van der Waals surface area contributed by atoms with Crippen molar-refractivity contribution in [1.29, 1.82) is 0 Å². The molecule has 132 valence electrons. The number of fused-ring (bicyclic) bond motifs is 1. The predicted molar refractivity (Wildman–Crippen MR) is 112 cm³/mol. The van der Waals surface area contributed by atoms with Crippen LogP contribution in [0.5, 0.6) is 0 Å². The molecule has 0 fully saturated rings. The van der Waals surface area contributed by atoms with E-state index in [1.165, 1.54) is 0 Å². The van der Waals surface area contributed by atoms with E-state index >= 15 is 0 Å². The topological polar surface area (TPSA) is 41.5 Å². The zero-order valence-corrected chi connectivity index (χ0v) is 15.6. The Morgan fingerprint density at radius 3 is 2.11 bits per heavy atom. The third-order valence-electron chi connectivity index (χ3n) is 4.21. The van der Waals surface area contributed by atoms with E-state index in [9.17, 15) is 4.79 Å². The average molecular weight is 393 g/mol. The standard InChI is InChI=1S/C22H14Cl2N2O/c23-16-9-3-5-11-18(16)25-20-13-21(26-19-12-6-4-10-17(19)24)22(27)15-8-2-1-7-14(15)20/h1-13,26H. The van der Waals surface area contributed by atoms with Crippen molar-refractivity contribution in [3.63, 3.8) is 0 Å². The molecule has 0 heterocycles. The van der Waals surface area contributed by atoms with E-state index in [-0.39, 0.29) is 5.78 Å². The summed E-state index contributed by atoms with van der Waals surface area (Å²) in [5.41, 5.74) is 3.73. The predicted octanol–water partition coefficient (Wildman–Crippen LogP) is 6.31. The molecule has 0 saturated carbocycles. The number of benzene rings is 3. The summed E-state index contributed by atoms with van der Waals surface area (Å²) < 4.78 is 0. The van der Waals surface area contributed by atoms with Crippen LogP contribution in [0.3, 0.4) is 0 Å². The second-order valence-electron chi connectivity index (χ2n) is 5.99. The summed E-state index contributed by atoms with van der Waals surface area (Å²) >= 11 is 12.5. The molecule has 1 N–H and O–H groups in total. The number of rotatable bonds is 3. The van der Waals surface area contributed by atoms with Crippen molar-refractivity contribution in [3.05, 3.63) is 106 Å². The SMILES string of the molecule is O=C1C(Nc2ccccc2Cl)=CC(=Nc2ccccc2Cl)c2ccccc21. The number of nitrogens with one attached hydrogen (secondary N) is 1. The van der Waals surface area contributed by atoms with Crippen LogP contribution >= 0.6 is 23.2 Å². The normalized spacial score (nSPS) is 14.7. The third-order valence-corrected chi connectivity index (χ3v) is 4.86. The Morgan fingerprint density at radius 1 is 0.741 bits per heavy atom. The minimum atomic E-state index is -0.108. The van der Waals surface area contributed by atoms with Gasteiger partial charge < -0.3 is 5.32 Å². The van der Waals surface area contributed by atoms with Gasteiger partial charge in [0.25, 0.3) is 0 Å². The van der Waals surface area contributed by atoms with E-state index in [0.717, 1.165) is 5.56 Å². The molecule has 3 aromatic carbocycles. The summed E-state index contributed by atoms with van der Waals surface area (Å²) in [5, 5.41) is 4.22. The van der Waals surface area contributed by atoms with Gasteiger partial charge in [0.2, 0.25) is 5.78 Å². The van der Waals surface area contributed by atoms with E-state index in [0.29, 0.717) is 38.4 Å². The molecule has 0 amide bonds. The zero-order valence-electron chi connectivity index (χ0n) is 14.1. The number of para-hydroxylation sites is 2. The quantitative estimate of drug-likeness (QED) is 0.567. The summed E-state index contributed by atoms with van der Waals surface area (Å²) in [4.78, 5) is 17.6. The van der Waals surface area contributed by atoms with Gasteiger partial charge in [-0.05, 0) is 30.3 Å². The molecule has 0 aliphatic heterocycles. The van der Waals surface area contributed by atoms with Crippen molar-refractivity contribution >= 4 is 46.1 Å². The zero-order chi connectivity index (χ0) is 18.8. The van der Waals surface area contributed by atoms with Gasteiger partial charge >= 0.3 is 0 Å². The first-order valence-corrected chi connectivity index (χ1v) is 9.09. The van der Waals surface area contributed by atoms with Crippen molar-refractivity contribution in [2.24, 2.45) is 4.99 Å². The van der Waals surface area contributed by atoms with Crippen LogP contribution in [0, 0.1) is 0 Å². The summed E-state index contributed by atoms with van der Waals surface area (Å²) in [7, 11) is 0. The largest absolute Gasteiger partial charge is 0.351 e. The molecule has 27 heavy (non-hydrogen) atoms. The molecular weight excluding hydrogens is 379 g/mol. The first-order chi connectivity index (χ1) is 13.1. The summed E-state index contributed by atoms with van der Waals surface area (Å²) in [6.45, 7) is 0. The lowest BCUT2D eigenvalue weighted by molar-refractivity contribution is 0.103. The molecule has 3 aromatic rings. The molecule has 5 heteroatoms. The number of hydrogen-bond acceptors (Lipinski definition) is 3. The molecule has 0 saturated heterocycles. The van der Waals surface area contributed by atoms with Crippen molar-refractivity contribution in [2.45, 2.75) is 0 Å². The lowest BCUT2D eigenvalue weighted by Crippen LogP contribution is -2.22. The molecule has 4 rings (SSSR count). The van der Waals surface area contributed by atoms with E-state index in [4.69, 9.17) is 28.2 Å². The molecule has 0 unspecified atom stereocenters. The summed E-state index contributed by atoms with van der Waals surface area (Å²) in [6, 6.07) is 22.0. The number of halogens is 2. The Hall–Kier alpha value is -2.88. The number of anilines is 1. The number of allylic oxidation sites excluding steroid dienone is 2. The van der Waals surface area contributed by atoms with Crippen molar-refractivity contribution in [3.8, 4) is 0 Å². The fourth-order valence-corrected chi connectivity index (χ4v) is 3.26. The Morgan fingerprint density at radius 2 is 1.37 bits per heavy atom. The Bertz CT molecular complexity index is 1100. The van der Waals surface area contributed by atoms with Crippen molar-refractivity contribution in [2.75, 3.05) is 5.32 Å². The minimum absolute atomic E-state index is 0.108. The van der Waals surface area contributed by atoms with Crippen LogP contribution < -0.4 is 5.32 Å². The smallest absolute Gasteiger partial charge is 0.209 e. The minimum Gasteiger partial charge on any atom is -0.351 e. The average Bonchev–Trinajstić information content (AvgIpc) is 2.69. The number of aliphatic imine (C=N–C) groups is 1. The first-order valence-electron chi connectivity index (χ1n) is 8.34. The van der Waals surface area contributed by atoms with E-state index in [2.05, 4.69) is 5.32 Å². The second-order valence-corrected chi connectivity index (χ2v) is 6.80. The van der Waals surface area contributed by atoms with Crippen LogP contribution in [-0.2, 0) is 0 Å². The van der Waals surface area contributed by atoms with E-state index < -0.39 is 0 Å². The highest BCUT2D eigenvalue weighted by Crippen LogP contribution is 2.30. The van der Waals surface area contributed by atoms with E-state index in [1.807, 2.05) is 54.6 Å². The van der Waals surface area contributed by atoms with Crippen LogP contribution in [0.4, 0.5) is 11.4 Å². The van der Waals surface area contributed by atoms with E-state index in [1.54, 1.807) is 24.3 Å². The highest BCUT2D eigenvalue weighted by molar-refractivity contribution is 6.34. The number of hydrogen-bond donors (Lipinski definition) is 1. The highest BCUT2D eigenvalue weighted by Gasteiger charge is 2.24. The molecule has 1 aliphatic rings. The molecule has 0 aromatic heterocycles. The molecule has 0 bridgehead atoms. The maximum Gasteiger partial charge on any atom is 0.209 e. The Balaban J connectivity index is 1.83. The maximum absolute atomic E-state index is 12.9. The number of ketones is 1. The van der Waals surface area contributed by atoms with Gasteiger partial charge in [0.05, 0.1) is 32.8 Å². The fourth-order valence-electron chi connectivity index (χ4n) is 2.89. The second kappa shape index (κ2) is 7.39. The van der Waals surface area contributed by atoms with Crippen LogP contribution in [-0.4, -0.2) is 11.5 Å². The summed E-state index contributed by atoms with van der Waals surface area (Å²) in [6.07, 6.45) is 1.73. The van der Waals surface area contributed by atoms with Gasteiger partial charge in [-0.15, -0.1) is 0 Å². The first kappa shape index (κ1) is 17.5. The van der Waals surface area contributed by atoms with Gasteiger partial charge in [0.15, 0.2) is 0 Å². The van der Waals surface area contributed by atoms with Crippen LogP contribution in [0.1, 0.15) is 15.9 Å². The van der Waals surface area contributed by atoms with Gasteiger partial charge in [-0.3, -0.25) is 4.79 Å². The maximum atomic E-state index is 12.9. The molecule has 1 aliphatic carbocycles. The number of carbonyl (C=O) groups is 1. The Kier molecular flexibility index (Phi) is 4.80. The summed E-state index contributed by atoms with van der Waals surface area (Å²) in [5.74, 6) is -0.108. The molecule has 0 spiro atoms. The third kappa shape index (κ3) is 3.52. The van der Waals surface area contributed by atoms with Gasteiger partial charge in [-0.2, -0.15) is 0 Å². The van der Waals surface area contributed by atoms with Gasteiger partial charge in [0, 0.05) is 11.1 Å². The highest BCUT2D eigenvalue weighted by atomic mass is 35.5.